The van der Waals surface area contributed by atoms with Gasteiger partial charge in [0.15, 0.2) is 9.84 Å². The molecule has 0 aliphatic carbocycles. The van der Waals surface area contributed by atoms with Gasteiger partial charge in [-0.2, -0.15) is 5.26 Å². The number of hydrogen-bond donors (Lipinski definition) is 2. The second-order valence-electron chi connectivity index (χ2n) is 4.70. The molecule has 5 nitrogen and oxygen atoms in total. The second-order valence-corrected chi connectivity index (χ2v) is 7.93. The fourth-order valence-corrected chi connectivity index (χ4v) is 3.98. The Bertz CT molecular complexity index is 597. The standard InChI is InChI=1S/C12H19N3O2S2/c1-5-19(16,17)11-10(14)9(6-13)18-12(11)15-8(4)7(2)3/h7-8,15H,5,14H2,1-4H3. The van der Waals surface area contributed by atoms with Gasteiger partial charge in [0.2, 0.25) is 0 Å². The van der Waals surface area contributed by atoms with Crippen molar-refractivity contribution in [3.63, 3.8) is 0 Å². The Morgan fingerprint density at radius 2 is 2.00 bits per heavy atom. The van der Waals surface area contributed by atoms with E-state index in [-0.39, 0.29) is 27.3 Å². The van der Waals surface area contributed by atoms with Crippen LogP contribution in [0, 0.1) is 17.2 Å². The molecule has 0 amide bonds. The minimum atomic E-state index is -3.45. The van der Waals surface area contributed by atoms with Crippen molar-refractivity contribution in [1.29, 1.82) is 5.26 Å². The zero-order valence-electron chi connectivity index (χ0n) is 11.5. The van der Waals surface area contributed by atoms with Gasteiger partial charge in [-0.05, 0) is 12.8 Å². The minimum absolute atomic E-state index is 0.0382. The largest absolute Gasteiger partial charge is 0.396 e. The van der Waals surface area contributed by atoms with E-state index in [2.05, 4.69) is 5.32 Å². The lowest BCUT2D eigenvalue weighted by atomic mass is 10.1. The Labute approximate surface area is 118 Å². The molecule has 0 aliphatic heterocycles. The van der Waals surface area contributed by atoms with Crippen molar-refractivity contribution < 1.29 is 8.42 Å². The average Bonchev–Trinajstić information content (AvgIpc) is 2.65. The Morgan fingerprint density at radius 3 is 2.42 bits per heavy atom. The lowest BCUT2D eigenvalue weighted by Gasteiger charge is -2.18. The van der Waals surface area contributed by atoms with Gasteiger partial charge in [-0.3, -0.25) is 0 Å². The molecule has 0 saturated heterocycles. The van der Waals surface area contributed by atoms with Crippen LogP contribution in [0.15, 0.2) is 4.90 Å². The molecule has 1 atom stereocenters. The van der Waals surface area contributed by atoms with Crippen molar-refractivity contribution in [2.75, 3.05) is 16.8 Å². The van der Waals surface area contributed by atoms with E-state index in [1.54, 1.807) is 6.92 Å². The van der Waals surface area contributed by atoms with Crippen LogP contribution in [0.2, 0.25) is 0 Å². The zero-order valence-corrected chi connectivity index (χ0v) is 13.2. The molecule has 0 fully saturated rings. The Hall–Kier alpha value is -1.26. The summed E-state index contributed by atoms with van der Waals surface area (Å²) in [7, 11) is -3.45. The normalized spacial score (nSPS) is 13.3. The zero-order chi connectivity index (χ0) is 14.8. The Morgan fingerprint density at radius 1 is 1.42 bits per heavy atom. The second kappa shape index (κ2) is 5.80. The number of sulfone groups is 1. The SMILES string of the molecule is CCS(=O)(=O)c1c(NC(C)C(C)C)sc(C#N)c1N. The smallest absolute Gasteiger partial charge is 0.183 e. The number of rotatable bonds is 5. The van der Waals surface area contributed by atoms with E-state index in [9.17, 15) is 8.42 Å². The molecule has 3 N–H and O–H groups in total. The van der Waals surface area contributed by atoms with Gasteiger partial charge in [0.05, 0.1) is 11.4 Å². The molecule has 1 unspecified atom stereocenters. The van der Waals surface area contributed by atoms with E-state index in [1.165, 1.54) is 0 Å². The maximum Gasteiger partial charge on any atom is 0.183 e. The van der Waals surface area contributed by atoms with Gasteiger partial charge < -0.3 is 11.1 Å². The summed E-state index contributed by atoms with van der Waals surface area (Å²) in [4.78, 5) is 0.314. The number of nitrogen functional groups attached to an aromatic ring is 1. The molecule has 106 valence electrons. The molecule has 1 heterocycles. The van der Waals surface area contributed by atoms with E-state index in [1.807, 2.05) is 26.8 Å². The molecule has 7 heteroatoms. The highest BCUT2D eigenvalue weighted by Crippen LogP contribution is 2.39. The van der Waals surface area contributed by atoms with E-state index < -0.39 is 9.84 Å². The highest BCUT2D eigenvalue weighted by atomic mass is 32.2. The highest BCUT2D eigenvalue weighted by Gasteiger charge is 2.27. The van der Waals surface area contributed by atoms with Gasteiger partial charge in [-0.25, -0.2) is 8.42 Å². The molecule has 1 aromatic rings. The molecule has 0 aromatic carbocycles. The maximum atomic E-state index is 12.1. The van der Waals surface area contributed by atoms with Crippen molar-refractivity contribution in [3.05, 3.63) is 4.88 Å². The molecule has 0 saturated carbocycles. The summed E-state index contributed by atoms with van der Waals surface area (Å²) in [6, 6.07) is 2.04. The molecule has 1 rings (SSSR count). The summed E-state index contributed by atoms with van der Waals surface area (Å²) in [5, 5.41) is 12.6. The number of nitriles is 1. The van der Waals surface area contributed by atoms with Gasteiger partial charge in [-0.15, -0.1) is 11.3 Å². The van der Waals surface area contributed by atoms with Crippen molar-refractivity contribution >= 4 is 31.9 Å². The predicted molar refractivity (Wildman–Crippen MR) is 79.1 cm³/mol. The van der Waals surface area contributed by atoms with Gasteiger partial charge >= 0.3 is 0 Å². The molecule has 0 radical (unpaired) electrons. The van der Waals surface area contributed by atoms with Gasteiger partial charge in [-0.1, -0.05) is 20.8 Å². The number of nitrogens with zero attached hydrogens (tertiary/aromatic N) is 1. The van der Waals surface area contributed by atoms with Crippen LogP contribution in [0.3, 0.4) is 0 Å². The number of nitrogens with two attached hydrogens (primary N) is 1. The molecule has 19 heavy (non-hydrogen) atoms. The third-order valence-electron chi connectivity index (χ3n) is 3.05. The van der Waals surface area contributed by atoms with E-state index in [4.69, 9.17) is 11.0 Å². The fourth-order valence-electron chi connectivity index (χ4n) is 1.43. The van der Waals surface area contributed by atoms with Crippen molar-refractivity contribution in [2.45, 2.75) is 38.6 Å². The first kappa shape index (κ1) is 15.8. The molecular formula is C12H19N3O2S2. The third-order valence-corrected chi connectivity index (χ3v) is 6.03. The number of nitrogens with one attached hydrogen (secondary N) is 1. The van der Waals surface area contributed by atoms with E-state index in [0.29, 0.717) is 10.9 Å². The average molecular weight is 301 g/mol. The summed E-state index contributed by atoms with van der Waals surface area (Å²) in [6.07, 6.45) is 0. The molecule has 0 aliphatic rings. The minimum Gasteiger partial charge on any atom is -0.396 e. The highest BCUT2D eigenvalue weighted by molar-refractivity contribution is 7.91. The predicted octanol–water partition coefficient (Wildman–Crippen LogP) is 2.45. The van der Waals surface area contributed by atoms with Crippen LogP contribution in [0.4, 0.5) is 10.7 Å². The van der Waals surface area contributed by atoms with Crippen molar-refractivity contribution in [1.82, 2.24) is 0 Å². The van der Waals surface area contributed by atoms with Crippen LogP contribution < -0.4 is 11.1 Å². The first-order valence-corrected chi connectivity index (χ1v) is 8.53. The fraction of sp³-hybridized carbons (Fsp3) is 0.583. The van der Waals surface area contributed by atoms with E-state index in [0.717, 1.165) is 11.3 Å². The molecule has 1 aromatic heterocycles. The lowest BCUT2D eigenvalue weighted by Crippen LogP contribution is -2.22. The van der Waals surface area contributed by atoms with E-state index >= 15 is 0 Å². The first-order valence-electron chi connectivity index (χ1n) is 6.06. The summed E-state index contributed by atoms with van der Waals surface area (Å²) in [6.45, 7) is 7.60. The van der Waals surface area contributed by atoms with Gasteiger partial charge in [0.25, 0.3) is 0 Å². The quantitative estimate of drug-likeness (QED) is 0.871. The summed E-state index contributed by atoms with van der Waals surface area (Å²) >= 11 is 1.10. The van der Waals surface area contributed by atoms with Crippen LogP contribution in [0.1, 0.15) is 32.6 Å². The Kier molecular flexibility index (Phi) is 4.82. The van der Waals surface area contributed by atoms with Crippen molar-refractivity contribution in [2.24, 2.45) is 5.92 Å². The molecule has 0 bridgehead atoms. The maximum absolute atomic E-state index is 12.1. The monoisotopic (exact) mass is 301 g/mol. The van der Waals surface area contributed by atoms with Crippen LogP contribution in [0.25, 0.3) is 0 Å². The van der Waals surface area contributed by atoms with Gasteiger partial charge in [0.1, 0.15) is 20.8 Å². The third kappa shape index (κ3) is 3.19. The topological polar surface area (TPSA) is 96.0 Å². The van der Waals surface area contributed by atoms with Gasteiger partial charge in [0, 0.05) is 6.04 Å². The summed E-state index contributed by atoms with van der Waals surface area (Å²) in [5.41, 5.74) is 5.86. The first-order chi connectivity index (χ1) is 8.74. The summed E-state index contributed by atoms with van der Waals surface area (Å²) in [5.74, 6) is 0.301. The van der Waals surface area contributed by atoms with Crippen LogP contribution in [-0.4, -0.2) is 20.2 Å². The van der Waals surface area contributed by atoms with Crippen LogP contribution >= 0.6 is 11.3 Å². The van der Waals surface area contributed by atoms with Crippen LogP contribution in [0.5, 0.6) is 0 Å². The number of thiophene rings is 1. The lowest BCUT2D eigenvalue weighted by molar-refractivity contribution is 0.559. The van der Waals surface area contributed by atoms with Crippen LogP contribution in [-0.2, 0) is 9.84 Å². The molecule has 0 spiro atoms. The van der Waals surface area contributed by atoms with Crippen molar-refractivity contribution in [3.8, 4) is 6.07 Å². The number of anilines is 2. The molecular weight excluding hydrogens is 282 g/mol. The number of hydrogen-bond acceptors (Lipinski definition) is 6. The Balaban J connectivity index is 3.37. The summed E-state index contributed by atoms with van der Waals surface area (Å²) < 4.78 is 24.2.